The van der Waals surface area contributed by atoms with Crippen molar-refractivity contribution in [2.45, 2.75) is 56.8 Å². The van der Waals surface area contributed by atoms with Crippen molar-refractivity contribution < 1.29 is 19.4 Å². The molecule has 2 amide bonds. The van der Waals surface area contributed by atoms with Crippen LogP contribution in [0.4, 0.5) is 0 Å². The summed E-state index contributed by atoms with van der Waals surface area (Å²) in [5.41, 5.74) is 0. The number of ether oxygens (including phenoxy) is 1. The molecule has 6 nitrogen and oxygen atoms in total. The number of benzene rings is 1. The van der Waals surface area contributed by atoms with Crippen LogP contribution in [0.5, 0.6) is 5.75 Å². The Labute approximate surface area is 148 Å². The Kier molecular flexibility index (Phi) is 5.91. The molecule has 1 saturated carbocycles. The SMILES string of the molecule is O=C(CCN1CCCC1=O)N[C@@H]1CCC[C@@H](Oc2ccccc2)[C@@H]1O. The second-order valence-corrected chi connectivity index (χ2v) is 6.80. The van der Waals surface area contributed by atoms with E-state index >= 15 is 0 Å². The highest BCUT2D eigenvalue weighted by Gasteiger charge is 2.34. The van der Waals surface area contributed by atoms with Gasteiger partial charge in [0.15, 0.2) is 0 Å². The van der Waals surface area contributed by atoms with Gasteiger partial charge in [-0.25, -0.2) is 0 Å². The third-order valence-electron chi connectivity index (χ3n) is 4.95. The van der Waals surface area contributed by atoms with Crippen LogP contribution in [-0.2, 0) is 9.59 Å². The Morgan fingerprint density at radius 3 is 2.76 bits per heavy atom. The Hall–Kier alpha value is -2.08. The van der Waals surface area contributed by atoms with Crippen LogP contribution in [0, 0.1) is 0 Å². The van der Waals surface area contributed by atoms with Crippen LogP contribution in [0.15, 0.2) is 30.3 Å². The second kappa shape index (κ2) is 8.34. The van der Waals surface area contributed by atoms with Gasteiger partial charge in [-0.1, -0.05) is 18.2 Å². The smallest absolute Gasteiger partial charge is 0.222 e. The number of nitrogens with zero attached hydrogens (tertiary/aromatic N) is 1. The molecular formula is C19H26N2O4. The average Bonchev–Trinajstić information content (AvgIpc) is 3.03. The molecule has 25 heavy (non-hydrogen) atoms. The molecule has 3 rings (SSSR count). The summed E-state index contributed by atoms with van der Waals surface area (Å²) in [6, 6.07) is 9.12. The Morgan fingerprint density at radius 1 is 1.24 bits per heavy atom. The summed E-state index contributed by atoms with van der Waals surface area (Å²) in [5.74, 6) is 0.733. The summed E-state index contributed by atoms with van der Waals surface area (Å²) in [4.78, 5) is 25.5. The number of hydrogen-bond acceptors (Lipinski definition) is 4. The summed E-state index contributed by atoms with van der Waals surface area (Å²) >= 11 is 0. The molecular weight excluding hydrogens is 320 g/mol. The zero-order valence-corrected chi connectivity index (χ0v) is 14.4. The van der Waals surface area contributed by atoms with E-state index in [1.54, 1.807) is 4.90 Å². The maximum atomic E-state index is 12.2. The molecule has 1 aromatic rings. The van der Waals surface area contributed by atoms with E-state index in [9.17, 15) is 14.7 Å². The second-order valence-electron chi connectivity index (χ2n) is 6.80. The number of aliphatic hydroxyl groups excluding tert-OH is 1. The van der Waals surface area contributed by atoms with E-state index in [0.717, 1.165) is 38.0 Å². The summed E-state index contributed by atoms with van der Waals surface area (Å²) in [6.07, 6.45) is 3.09. The van der Waals surface area contributed by atoms with Gasteiger partial charge in [0.2, 0.25) is 11.8 Å². The highest BCUT2D eigenvalue weighted by molar-refractivity contribution is 5.80. The number of likely N-dealkylation sites (tertiary alicyclic amines) is 1. The van der Waals surface area contributed by atoms with E-state index in [1.165, 1.54) is 0 Å². The zero-order valence-electron chi connectivity index (χ0n) is 14.4. The molecule has 2 aliphatic rings. The van der Waals surface area contributed by atoms with Crippen LogP contribution in [-0.4, -0.2) is 53.2 Å². The number of para-hydroxylation sites is 1. The molecule has 0 unspecified atom stereocenters. The van der Waals surface area contributed by atoms with Crippen molar-refractivity contribution in [2.24, 2.45) is 0 Å². The number of carbonyl (C=O) groups excluding carboxylic acids is 2. The van der Waals surface area contributed by atoms with Crippen molar-refractivity contribution in [1.29, 1.82) is 0 Å². The quantitative estimate of drug-likeness (QED) is 0.818. The molecule has 1 heterocycles. The van der Waals surface area contributed by atoms with E-state index in [4.69, 9.17) is 4.74 Å². The van der Waals surface area contributed by atoms with Gasteiger partial charge in [-0.2, -0.15) is 0 Å². The van der Waals surface area contributed by atoms with Crippen molar-refractivity contribution in [3.8, 4) is 5.75 Å². The molecule has 1 aromatic carbocycles. The lowest BCUT2D eigenvalue weighted by Crippen LogP contribution is -2.53. The van der Waals surface area contributed by atoms with Crippen LogP contribution in [0.3, 0.4) is 0 Å². The first kappa shape index (κ1) is 17.7. The molecule has 0 aromatic heterocycles. The van der Waals surface area contributed by atoms with Gasteiger partial charge in [0.1, 0.15) is 18.0 Å². The van der Waals surface area contributed by atoms with E-state index in [2.05, 4.69) is 5.32 Å². The molecule has 2 N–H and O–H groups in total. The van der Waals surface area contributed by atoms with Crippen LogP contribution in [0.2, 0.25) is 0 Å². The van der Waals surface area contributed by atoms with E-state index in [0.29, 0.717) is 13.0 Å². The Morgan fingerprint density at radius 2 is 2.04 bits per heavy atom. The summed E-state index contributed by atoms with van der Waals surface area (Å²) < 4.78 is 5.88. The van der Waals surface area contributed by atoms with Crippen LogP contribution in [0.25, 0.3) is 0 Å². The fourth-order valence-electron chi connectivity index (χ4n) is 3.56. The van der Waals surface area contributed by atoms with Gasteiger partial charge >= 0.3 is 0 Å². The highest BCUT2D eigenvalue weighted by atomic mass is 16.5. The Balaban J connectivity index is 1.48. The fraction of sp³-hybridized carbons (Fsp3) is 0.579. The number of aliphatic hydroxyl groups is 1. The topological polar surface area (TPSA) is 78.9 Å². The van der Waals surface area contributed by atoms with Crippen LogP contribution < -0.4 is 10.1 Å². The number of amides is 2. The van der Waals surface area contributed by atoms with Gasteiger partial charge in [0.05, 0.1) is 6.04 Å². The monoisotopic (exact) mass is 346 g/mol. The van der Waals surface area contributed by atoms with E-state index in [-0.39, 0.29) is 30.4 Å². The Bertz CT molecular complexity index is 592. The number of rotatable bonds is 6. The fourth-order valence-corrected chi connectivity index (χ4v) is 3.56. The van der Waals surface area contributed by atoms with Crippen molar-refractivity contribution in [2.75, 3.05) is 13.1 Å². The molecule has 6 heteroatoms. The molecule has 136 valence electrons. The number of carbonyl (C=O) groups is 2. The maximum absolute atomic E-state index is 12.2. The highest BCUT2D eigenvalue weighted by Crippen LogP contribution is 2.24. The average molecular weight is 346 g/mol. The van der Waals surface area contributed by atoms with E-state index in [1.807, 2.05) is 30.3 Å². The zero-order chi connectivity index (χ0) is 17.6. The van der Waals surface area contributed by atoms with Crippen LogP contribution in [0.1, 0.15) is 38.5 Å². The molecule has 2 fully saturated rings. The first-order chi connectivity index (χ1) is 12.1. The summed E-state index contributed by atoms with van der Waals surface area (Å²) in [5, 5.41) is 13.5. The van der Waals surface area contributed by atoms with E-state index < -0.39 is 6.10 Å². The molecule has 0 spiro atoms. The third-order valence-corrected chi connectivity index (χ3v) is 4.95. The van der Waals surface area contributed by atoms with Crippen molar-refractivity contribution >= 4 is 11.8 Å². The number of hydrogen-bond donors (Lipinski definition) is 2. The molecule has 0 bridgehead atoms. The van der Waals surface area contributed by atoms with Gasteiger partial charge in [0, 0.05) is 25.9 Å². The molecule has 1 saturated heterocycles. The van der Waals surface area contributed by atoms with Crippen molar-refractivity contribution in [1.82, 2.24) is 10.2 Å². The van der Waals surface area contributed by atoms with Gasteiger partial charge in [0.25, 0.3) is 0 Å². The molecule has 1 aliphatic heterocycles. The summed E-state index contributed by atoms with van der Waals surface area (Å²) in [6.45, 7) is 1.20. The largest absolute Gasteiger partial charge is 0.488 e. The van der Waals surface area contributed by atoms with Gasteiger partial charge < -0.3 is 20.1 Å². The predicted octanol–water partition coefficient (Wildman–Crippen LogP) is 1.48. The van der Waals surface area contributed by atoms with Gasteiger partial charge in [-0.05, 0) is 37.8 Å². The van der Waals surface area contributed by atoms with Crippen molar-refractivity contribution in [3.63, 3.8) is 0 Å². The molecule has 1 aliphatic carbocycles. The summed E-state index contributed by atoms with van der Waals surface area (Å²) in [7, 11) is 0. The predicted molar refractivity (Wildman–Crippen MR) is 93.1 cm³/mol. The first-order valence-electron chi connectivity index (χ1n) is 9.10. The normalized spacial score (nSPS) is 26.5. The third kappa shape index (κ3) is 4.72. The lowest BCUT2D eigenvalue weighted by atomic mass is 9.89. The number of nitrogens with one attached hydrogen (secondary N) is 1. The lowest BCUT2D eigenvalue weighted by Gasteiger charge is -2.35. The van der Waals surface area contributed by atoms with Crippen molar-refractivity contribution in [3.05, 3.63) is 30.3 Å². The van der Waals surface area contributed by atoms with Crippen LogP contribution >= 0.6 is 0 Å². The lowest BCUT2D eigenvalue weighted by molar-refractivity contribution is -0.129. The first-order valence-corrected chi connectivity index (χ1v) is 9.10. The molecule has 3 atom stereocenters. The minimum Gasteiger partial charge on any atom is -0.488 e. The maximum Gasteiger partial charge on any atom is 0.222 e. The molecule has 0 radical (unpaired) electrons. The van der Waals surface area contributed by atoms with Gasteiger partial charge in [-0.15, -0.1) is 0 Å². The minimum absolute atomic E-state index is 0.121. The van der Waals surface area contributed by atoms with Gasteiger partial charge in [-0.3, -0.25) is 9.59 Å². The standard InChI is InChI=1S/C19H26N2O4/c22-17(11-13-21-12-5-10-18(21)23)20-15-8-4-9-16(19(15)24)25-14-6-2-1-3-7-14/h1-3,6-7,15-16,19,24H,4-5,8-13H2,(H,20,22)/t15-,16-,19-/m1/s1. The minimum atomic E-state index is -0.730.